The number of fused-ring (bicyclic) bond motifs is 1. The fourth-order valence-corrected chi connectivity index (χ4v) is 4.84. The molecule has 1 aliphatic heterocycles. The molecule has 1 heterocycles. The van der Waals surface area contributed by atoms with Crippen LogP contribution in [0.3, 0.4) is 0 Å². The van der Waals surface area contributed by atoms with Gasteiger partial charge in [0, 0.05) is 38.5 Å². The Morgan fingerprint density at radius 1 is 1.00 bits per heavy atom. The number of carbonyl (C=O) groups is 2. The van der Waals surface area contributed by atoms with Crippen molar-refractivity contribution in [2.24, 2.45) is 11.7 Å². The van der Waals surface area contributed by atoms with Crippen LogP contribution in [0.5, 0.6) is 0 Å². The van der Waals surface area contributed by atoms with Gasteiger partial charge in [-0.05, 0) is 41.6 Å². The summed E-state index contributed by atoms with van der Waals surface area (Å²) in [7, 11) is 0. The number of hydrogen-bond donors (Lipinski definition) is 3. The molecule has 0 radical (unpaired) electrons. The summed E-state index contributed by atoms with van der Waals surface area (Å²) in [5, 5.41) is 8.89. The fourth-order valence-electron chi connectivity index (χ4n) is 4.84. The highest BCUT2D eigenvalue weighted by molar-refractivity contribution is 5.83. The number of carbonyl (C=O) groups excluding carboxylic acids is 2. The first kappa shape index (κ1) is 28.4. The first-order valence-corrected chi connectivity index (χ1v) is 13.4. The maximum atomic E-state index is 13.1. The van der Waals surface area contributed by atoms with E-state index in [0.29, 0.717) is 44.4 Å². The van der Waals surface area contributed by atoms with E-state index in [0.717, 1.165) is 6.42 Å². The van der Waals surface area contributed by atoms with Crippen LogP contribution < -0.4 is 16.4 Å². The molecule has 0 spiro atoms. The van der Waals surface area contributed by atoms with E-state index in [2.05, 4.69) is 97.3 Å². The average Bonchev–Trinajstić information content (AvgIpc) is 3.05. The van der Waals surface area contributed by atoms with Gasteiger partial charge < -0.3 is 21.3 Å². The molecular formula is C31H42N4O2. The Labute approximate surface area is 221 Å². The van der Waals surface area contributed by atoms with E-state index in [-0.39, 0.29) is 23.9 Å². The lowest BCUT2D eigenvalue weighted by Gasteiger charge is -2.31. The van der Waals surface area contributed by atoms with Crippen molar-refractivity contribution in [3.05, 3.63) is 84.4 Å². The molecule has 1 saturated heterocycles. The van der Waals surface area contributed by atoms with Crippen molar-refractivity contribution in [3.63, 3.8) is 0 Å². The van der Waals surface area contributed by atoms with Gasteiger partial charge >= 0.3 is 0 Å². The Bertz CT molecular complexity index is 1050. The summed E-state index contributed by atoms with van der Waals surface area (Å²) in [5.41, 5.74) is 7.01. The minimum Gasteiger partial charge on any atom is -0.355 e. The van der Waals surface area contributed by atoms with Gasteiger partial charge in [0.05, 0.1) is 6.04 Å². The van der Waals surface area contributed by atoms with Gasteiger partial charge in [0.2, 0.25) is 11.8 Å². The second kappa shape index (κ2) is 14.5. The number of nitrogens with zero attached hydrogens (tertiary/aromatic N) is 1. The van der Waals surface area contributed by atoms with Crippen LogP contribution in [0.15, 0.2) is 78.9 Å². The second-order valence-corrected chi connectivity index (χ2v) is 10.1. The van der Waals surface area contributed by atoms with Gasteiger partial charge in [0.1, 0.15) is 0 Å². The number of nitrogens with one attached hydrogen (secondary N) is 2. The Hall–Kier alpha value is -3.22. The van der Waals surface area contributed by atoms with Gasteiger partial charge in [-0.3, -0.25) is 9.59 Å². The molecule has 4 N–H and O–H groups in total. The molecule has 3 unspecified atom stereocenters. The van der Waals surface area contributed by atoms with E-state index >= 15 is 0 Å². The zero-order chi connectivity index (χ0) is 26.6. The summed E-state index contributed by atoms with van der Waals surface area (Å²) in [6.07, 6.45) is 1.41. The van der Waals surface area contributed by atoms with Gasteiger partial charge in [-0.2, -0.15) is 0 Å². The van der Waals surface area contributed by atoms with E-state index in [1.54, 1.807) is 0 Å². The SMILES string of the molecule is CC(=O)NCC1CCN(CC(c2ccccc2)C(C)C)C(=O)C(CCN)N1.c1ccc2ccccc2c1. The van der Waals surface area contributed by atoms with Crippen LogP contribution in [0.2, 0.25) is 0 Å². The van der Waals surface area contributed by atoms with Crippen LogP contribution in [-0.4, -0.2) is 55.0 Å². The summed E-state index contributed by atoms with van der Waals surface area (Å²) in [4.78, 5) is 26.4. The van der Waals surface area contributed by atoms with Gasteiger partial charge in [0.15, 0.2) is 0 Å². The molecule has 1 fully saturated rings. The van der Waals surface area contributed by atoms with Crippen LogP contribution in [0.1, 0.15) is 45.1 Å². The highest BCUT2D eigenvalue weighted by Crippen LogP contribution is 2.26. The molecule has 198 valence electrons. The molecule has 0 aromatic heterocycles. The van der Waals surface area contributed by atoms with Crippen LogP contribution in [0.25, 0.3) is 10.8 Å². The lowest BCUT2D eigenvalue weighted by molar-refractivity contribution is -0.133. The molecule has 4 rings (SSSR count). The Balaban J connectivity index is 0.000000313. The van der Waals surface area contributed by atoms with E-state index in [9.17, 15) is 9.59 Å². The summed E-state index contributed by atoms with van der Waals surface area (Å²) in [5.74, 6) is 0.788. The topological polar surface area (TPSA) is 87.5 Å². The Morgan fingerprint density at radius 2 is 1.57 bits per heavy atom. The standard InChI is InChI=1S/C21H34N4O2.C10H8/c1-15(2)19(17-7-5-4-6-8-17)14-25-12-10-18(13-23-16(3)26)24-20(9-11-22)21(25)27;1-2-6-10-8-4-3-7-9(10)5-1/h4-8,15,18-20,24H,9-14,22H2,1-3H3,(H,23,26);1-8H. The highest BCUT2D eigenvalue weighted by Gasteiger charge is 2.32. The molecule has 3 atom stereocenters. The minimum absolute atomic E-state index is 0.0523. The maximum absolute atomic E-state index is 13.1. The molecule has 2 amide bonds. The third-order valence-electron chi connectivity index (χ3n) is 6.96. The number of benzene rings is 3. The summed E-state index contributed by atoms with van der Waals surface area (Å²) >= 11 is 0. The molecule has 1 aliphatic rings. The van der Waals surface area contributed by atoms with Gasteiger partial charge in [0.25, 0.3) is 0 Å². The first-order valence-electron chi connectivity index (χ1n) is 13.4. The molecule has 0 saturated carbocycles. The predicted octanol–water partition coefficient (Wildman–Crippen LogP) is 4.31. The van der Waals surface area contributed by atoms with Gasteiger partial charge in [-0.1, -0.05) is 92.7 Å². The van der Waals surface area contributed by atoms with Crippen LogP contribution in [0.4, 0.5) is 0 Å². The number of nitrogens with two attached hydrogens (primary N) is 1. The predicted molar refractivity (Wildman–Crippen MR) is 152 cm³/mol. The minimum atomic E-state index is -0.292. The highest BCUT2D eigenvalue weighted by atomic mass is 16.2. The quantitative estimate of drug-likeness (QED) is 0.428. The Morgan fingerprint density at radius 3 is 2.08 bits per heavy atom. The van der Waals surface area contributed by atoms with E-state index < -0.39 is 0 Å². The summed E-state index contributed by atoms with van der Waals surface area (Å²) in [6.45, 7) is 8.30. The van der Waals surface area contributed by atoms with Crippen molar-refractivity contribution in [1.82, 2.24) is 15.5 Å². The van der Waals surface area contributed by atoms with Crippen molar-refractivity contribution in [1.29, 1.82) is 0 Å². The lowest BCUT2D eigenvalue weighted by Crippen LogP contribution is -2.49. The van der Waals surface area contributed by atoms with Crippen molar-refractivity contribution in [2.75, 3.05) is 26.2 Å². The molecular weight excluding hydrogens is 460 g/mol. The molecule has 6 nitrogen and oxygen atoms in total. The Kier molecular flexibility index (Phi) is 11.1. The van der Waals surface area contributed by atoms with Crippen molar-refractivity contribution in [3.8, 4) is 0 Å². The second-order valence-electron chi connectivity index (χ2n) is 10.1. The average molecular weight is 503 g/mol. The molecule has 3 aromatic rings. The fraction of sp³-hybridized carbons (Fsp3) is 0.419. The van der Waals surface area contributed by atoms with Crippen LogP contribution in [-0.2, 0) is 9.59 Å². The molecule has 3 aromatic carbocycles. The summed E-state index contributed by atoms with van der Waals surface area (Å²) < 4.78 is 0. The van der Waals surface area contributed by atoms with E-state index in [1.165, 1.54) is 23.3 Å². The maximum Gasteiger partial charge on any atom is 0.239 e. The molecule has 37 heavy (non-hydrogen) atoms. The molecule has 0 bridgehead atoms. The molecule has 6 heteroatoms. The number of hydrogen-bond acceptors (Lipinski definition) is 4. The van der Waals surface area contributed by atoms with Crippen LogP contribution >= 0.6 is 0 Å². The smallest absolute Gasteiger partial charge is 0.239 e. The molecule has 0 aliphatic carbocycles. The number of rotatable bonds is 8. The summed E-state index contributed by atoms with van der Waals surface area (Å²) in [6, 6.07) is 26.9. The zero-order valence-corrected chi connectivity index (χ0v) is 22.4. The van der Waals surface area contributed by atoms with E-state index in [1.807, 2.05) is 11.0 Å². The van der Waals surface area contributed by atoms with Gasteiger partial charge in [-0.15, -0.1) is 0 Å². The largest absolute Gasteiger partial charge is 0.355 e. The first-order chi connectivity index (χ1) is 17.9. The van der Waals surface area contributed by atoms with Crippen molar-refractivity contribution < 1.29 is 9.59 Å². The van der Waals surface area contributed by atoms with E-state index in [4.69, 9.17) is 5.73 Å². The third-order valence-corrected chi connectivity index (χ3v) is 6.96. The normalized spacial score (nSPS) is 18.6. The lowest BCUT2D eigenvalue weighted by atomic mass is 9.87. The zero-order valence-electron chi connectivity index (χ0n) is 22.4. The van der Waals surface area contributed by atoms with Crippen molar-refractivity contribution >= 4 is 22.6 Å². The third kappa shape index (κ3) is 8.69. The monoisotopic (exact) mass is 502 g/mol. The number of amides is 2. The van der Waals surface area contributed by atoms with Crippen molar-refractivity contribution in [2.45, 2.75) is 51.6 Å². The van der Waals surface area contributed by atoms with Gasteiger partial charge in [-0.25, -0.2) is 0 Å². The van der Waals surface area contributed by atoms with Crippen LogP contribution in [0, 0.1) is 5.92 Å².